The fourth-order valence-corrected chi connectivity index (χ4v) is 3.91. The van der Waals surface area contributed by atoms with E-state index in [2.05, 4.69) is 22.0 Å². The maximum atomic E-state index is 6.47. The van der Waals surface area contributed by atoms with E-state index in [0.29, 0.717) is 24.1 Å². The molecule has 7 heteroatoms. The van der Waals surface area contributed by atoms with E-state index >= 15 is 0 Å². The average molecular weight is 389 g/mol. The van der Waals surface area contributed by atoms with Crippen LogP contribution in [0.3, 0.4) is 0 Å². The number of para-hydroxylation sites is 1. The third-order valence-electron chi connectivity index (χ3n) is 5.51. The first-order valence-corrected chi connectivity index (χ1v) is 9.90. The molecule has 3 heterocycles. The first-order valence-electron chi connectivity index (χ1n) is 9.90. The lowest BCUT2D eigenvalue weighted by molar-refractivity contribution is 0.301. The van der Waals surface area contributed by atoms with Crippen molar-refractivity contribution in [2.24, 2.45) is 5.73 Å². The molecule has 0 amide bonds. The fraction of sp³-hybridized carbons (Fsp3) is 0.318. The van der Waals surface area contributed by atoms with Gasteiger partial charge in [-0.25, -0.2) is 4.98 Å². The molecule has 1 aliphatic rings. The Morgan fingerprint density at radius 2 is 1.93 bits per heavy atom. The lowest BCUT2D eigenvalue weighted by atomic mass is 9.99. The second kappa shape index (κ2) is 7.00. The maximum Gasteiger partial charge on any atom is 0.261 e. The SMILES string of the molecule is Cc1ccc2nc(COc3ccccc3-c3nc(C4(N)CCCC4)no3)cn2c1. The van der Waals surface area contributed by atoms with Crippen LogP contribution in [0.2, 0.25) is 0 Å². The van der Waals surface area contributed by atoms with Crippen LogP contribution < -0.4 is 10.5 Å². The number of rotatable bonds is 5. The van der Waals surface area contributed by atoms with Crippen LogP contribution in [0.1, 0.15) is 42.8 Å². The number of ether oxygens (including phenoxy) is 1. The van der Waals surface area contributed by atoms with Crippen molar-refractivity contribution >= 4 is 5.65 Å². The average Bonchev–Trinajstić information content (AvgIpc) is 3.46. The summed E-state index contributed by atoms with van der Waals surface area (Å²) in [6.45, 7) is 2.40. The van der Waals surface area contributed by atoms with Gasteiger partial charge in [-0.3, -0.25) is 0 Å². The van der Waals surface area contributed by atoms with Crippen molar-refractivity contribution in [1.82, 2.24) is 19.5 Å². The molecular weight excluding hydrogens is 366 g/mol. The van der Waals surface area contributed by atoms with Gasteiger partial charge in [0, 0.05) is 12.4 Å². The molecule has 29 heavy (non-hydrogen) atoms. The summed E-state index contributed by atoms with van der Waals surface area (Å²) in [6.07, 6.45) is 7.99. The van der Waals surface area contributed by atoms with Crippen molar-refractivity contribution in [3.63, 3.8) is 0 Å². The second-order valence-electron chi connectivity index (χ2n) is 7.78. The van der Waals surface area contributed by atoms with E-state index in [1.54, 1.807) is 0 Å². The molecular formula is C22H23N5O2. The monoisotopic (exact) mass is 389 g/mol. The van der Waals surface area contributed by atoms with E-state index in [9.17, 15) is 0 Å². The number of pyridine rings is 1. The molecule has 5 rings (SSSR count). The summed E-state index contributed by atoms with van der Waals surface area (Å²) < 4.78 is 13.6. The van der Waals surface area contributed by atoms with Crippen LogP contribution in [0, 0.1) is 6.92 Å². The van der Waals surface area contributed by atoms with Gasteiger partial charge in [0.1, 0.15) is 18.0 Å². The van der Waals surface area contributed by atoms with Crippen LogP contribution in [-0.4, -0.2) is 19.5 Å². The minimum absolute atomic E-state index is 0.347. The van der Waals surface area contributed by atoms with Gasteiger partial charge >= 0.3 is 0 Å². The summed E-state index contributed by atoms with van der Waals surface area (Å²) in [5, 5.41) is 4.16. The summed E-state index contributed by atoms with van der Waals surface area (Å²) in [6, 6.07) is 11.7. The number of nitrogens with two attached hydrogens (primary N) is 1. The second-order valence-corrected chi connectivity index (χ2v) is 7.78. The maximum absolute atomic E-state index is 6.47. The highest BCUT2D eigenvalue weighted by atomic mass is 16.5. The van der Waals surface area contributed by atoms with E-state index in [1.165, 1.54) is 5.56 Å². The van der Waals surface area contributed by atoms with Crippen molar-refractivity contribution in [3.8, 4) is 17.2 Å². The lowest BCUT2D eigenvalue weighted by Crippen LogP contribution is -2.34. The molecule has 0 unspecified atom stereocenters. The Hall–Kier alpha value is -3.19. The van der Waals surface area contributed by atoms with Gasteiger partial charge in [0.15, 0.2) is 5.82 Å². The Kier molecular flexibility index (Phi) is 4.32. The Morgan fingerprint density at radius 3 is 2.79 bits per heavy atom. The standard InChI is InChI=1S/C22H23N5O2/c1-15-8-9-19-24-16(13-27(19)12-15)14-28-18-7-3-2-6-17(18)20-25-21(26-29-20)22(23)10-4-5-11-22/h2-3,6-9,12-13H,4-5,10-11,14,23H2,1H3. The van der Waals surface area contributed by atoms with Crippen LogP contribution in [0.15, 0.2) is 53.3 Å². The van der Waals surface area contributed by atoms with Crippen LogP contribution in [-0.2, 0) is 12.1 Å². The minimum atomic E-state index is -0.480. The molecule has 1 fully saturated rings. The van der Waals surface area contributed by atoms with Crippen molar-refractivity contribution in [1.29, 1.82) is 0 Å². The summed E-state index contributed by atoms with van der Waals surface area (Å²) in [5.74, 6) is 1.68. The summed E-state index contributed by atoms with van der Waals surface area (Å²) >= 11 is 0. The van der Waals surface area contributed by atoms with Crippen LogP contribution >= 0.6 is 0 Å². The molecule has 0 aliphatic heterocycles. The predicted octanol–water partition coefficient (Wildman–Crippen LogP) is 4.00. The molecule has 1 aliphatic carbocycles. The molecule has 1 aromatic carbocycles. The third kappa shape index (κ3) is 3.38. The minimum Gasteiger partial charge on any atom is -0.486 e. The van der Waals surface area contributed by atoms with Crippen LogP contribution in [0.5, 0.6) is 5.75 Å². The topological polar surface area (TPSA) is 91.5 Å². The van der Waals surface area contributed by atoms with E-state index in [4.69, 9.17) is 15.0 Å². The molecule has 0 radical (unpaired) electrons. The number of fused-ring (bicyclic) bond motifs is 1. The first-order chi connectivity index (χ1) is 14.1. The Balaban J connectivity index is 1.38. The van der Waals surface area contributed by atoms with E-state index < -0.39 is 5.54 Å². The normalized spacial score (nSPS) is 15.8. The number of nitrogens with zero attached hydrogens (tertiary/aromatic N) is 4. The molecule has 7 nitrogen and oxygen atoms in total. The zero-order valence-corrected chi connectivity index (χ0v) is 16.3. The van der Waals surface area contributed by atoms with E-state index in [1.807, 2.05) is 53.2 Å². The number of hydrogen-bond donors (Lipinski definition) is 1. The highest BCUT2D eigenvalue weighted by Crippen LogP contribution is 2.36. The highest BCUT2D eigenvalue weighted by molar-refractivity contribution is 5.62. The summed E-state index contributed by atoms with van der Waals surface area (Å²) in [7, 11) is 0. The molecule has 1 saturated carbocycles. The van der Waals surface area contributed by atoms with Gasteiger partial charge in [-0.15, -0.1) is 0 Å². The summed E-state index contributed by atoms with van der Waals surface area (Å²) in [4.78, 5) is 9.20. The zero-order chi connectivity index (χ0) is 19.8. The molecule has 0 spiro atoms. The highest BCUT2D eigenvalue weighted by Gasteiger charge is 2.36. The van der Waals surface area contributed by atoms with Gasteiger partial charge in [-0.2, -0.15) is 4.98 Å². The van der Waals surface area contributed by atoms with Gasteiger partial charge in [0.05, 0.1) is 16.8 Å². The van der Waals surface area contributed by atoms with Gasteiger partial charge in [0.2, 0.25) is 0 Å². The molecule has 4 aromatic rings. The van der Waals surface area contributed by atoms with Crippen LogP contribution in [0.25, 0.3) is 17.1 Å². The molecule has 0 saturated heterocycles. The van der Waals surface area contributed by atoms with Crippen LogP contribution in [0.4, 0.5) is 0 Å². The van der Waals surface area contributed by atoms with Gasteiger partial charge in [-0.1, -0.05) is 36.2 Å². The predicted molar refractivity (Wildman–Crippen MR) is 108 cm³/mol. The number of imidazole rings is 1. The van der Waals surface area contributed by atoms with Crippen molar-refractivity contribution in [2.45, 2.75) is 44.8 Å². The largest absolute Gasteiger partial charge is 0.486 e. The zero-order valence-electron chi connectivity index (χ0n) is 16.3. The van der Waals surface area contributed by atoms with E-state index in [-0.39, 0.29) is 0 Å². The van der Waals surface area contributed by atoms with Crippen molar-refractivity contribution < 1.29 is 9.26 Å². The van der Waals surface area contributed by atoms with Gasteiger partial charge in [-0.05, 0) is 43.5 Å². The first kappa shape index (κ1) is 17.9. The number of hydrogen-bond acceptors (Lipinski definition) is 6. The Labute approximate surface area is 168 Å². The molecule has 0 bridgehead atoms. The number of aromatic nitrogens is 4. The summed E-state index contributed by atoms with van der Waals surface area (Å²) in [5.41, 5.74) is 9.67. The van der Waals surface area contributed by atoms with Crippen molar-refractivity contribution in [3.05, 3.63) is 65.9 Å². The Morgan fingerprint density at radius 1 is 1.10 bits per heavy atom. The molecule has 3 aromatic heterocycles. The number of benzene rings is 1. The smallest absolute Gasteiger partial charge is 0.261 e. The Bertz CT molecular complexity index is 1160. The van der Waals surface area contributed by atoms with E-state index in [0.717, 1.165) is 42.6 Å². The van der Waals surface area contributed by atoms with Gasteiger partial charge < -0.3 is 19.4 Å². The molecule has 0 atom stereocenters. The molecule has 2 N–H and O–H groups in total. The number of aryl methyl sites for hydroxylation is 1. The van der Waals surface area contributed by atoms with Crippen molar-refractivity contribution in [2.75, 3.05) is 0 Å². The lowest BCUT2D eigenvalue weighted by Gasteiger charge is -2.17. The molecule has 148 valence electrons. The van der Waals surface area contributed by atoms with Gasteiger partial charge in [0.25, 0.3) is 5.89 Å². The quantitative estimate of drug-likeness (QED) is 0.555. The fourth-order valence-electron chi connectivity index (χ4n) is 3.91. The third-order valence-corrected chi connectivity index (χ3v) is 5.51.